The Kier molecular flexibility index (Phi) is 4.69. The highest BCUT2D eigenvalue weighted by molar-refractivity contribution is 7.09. The Bertz CT molecular complexity index is 582. The van der Waals surface area contributed by atoms with Gasteiger partial charge in [-0.2, -0.15) is 0 Å². The molecule has 4 heteroatoms. The van der Waals surface area contributed by atoms with Crippen LogP contribution in [-0.4, -0.2) is 11.1 Å². The van der Waals surface area contributed by atoms with Gasteiger partial charge in [0, 0.05) is 10.8 Å². The number of nitrogens with two attached hydrogens (primary N) is 1. The minimum absolute atomic E-state index is 0.0590. The number of ether oxygens (including phenoxy) is 1. The second-order valence-corrected chi connectivity index (χ2v) is 7.42. The van der Waals surface area contributed by atoms with Gasteiger partial charge in [-0.15, -0.1) is 11.3 Å². The van der Waals surface area contributed by atoms with Gasteiger partial charge in [0.05, 0.1) is 17.8 Å². The third-order valence-electron chi connectivity index (χ3n) is 3.17. The lowest BCUT2D eigenvalue weighted by Crippen LogP contribution is -2.15. The van der Waals surface area contributed by atoms with Crippen molar-refractivity contribution < 1.29 is 4.74 Å². The number of hydrogen-bond acceptors (Lipinski definition) is 4. The van der Waals surface area contributed by atoms with Crippen LogP contribution in [0.3, 0.4) is 0 Å². The molecule has 0 saturated heterocycles. The zero-order chi connectivity index (χ0) is 15.6. The van der Waals surface area contributed by atoms with Crippen molar-refractivity contribution in [1.29, 1.82) is 0 Å². The van der Waals surface area contributed by atoms with E-state index in [2.05, 4.69) is 26.2 Å². The Morgan fingerprint density at radius 1 is 1.14 bits per heavy atom. The van der Waals surface area contributed by atoms with Crippen LogP contribution in [0.2, 0.25) is 0 Å². The van der Waals surface area contributed by atoms with Gasteiger partial charge in [-0.3, -0.25) is 0 Å². The van der Waals surface area contributed by atoms with Gasteiger partial charge in [0.1, 0.15) is 10.8 Å². The van der Waals surface area contributed by atoms with Crippen LogP contribution in [0.15, 0.2) is 29.6 Å². The molecule has 1 aromatic carbocycles. The minimum Gasteiger partial charge on any atom is -0.491 e. The molecule has 3 nitrogen and oxygen atoms in total. The molecule has 1 aromatic heterocycles. The van der Waals surface area contributed by atoms with E-state index in [1.807, 2.05) is 38.1 Å². The minimum atomic E-state index is -0.181. The lowest BCUT2D eigenvalue weighted by Gasteiger charge is -2.15. The SMILES string of the molecule is CC(C)Oc1ccc(C(N)c2nc(C(C)(C)C)cs2)cc1. The van der Waals surface area contributed by atoms with E-state index >= 15 is 0 Å². The first-order valence-electron chi connectivity index (χ1n) is 7.25. The zero-order valence-corrected chi connectivity index (χ0v) is 14.2. The maximum atomic E-state index is 6.33. The first-order chi connectivity index (χ1) is 9.77. The molecule has 2 N–H and O–H groups in total. The van der Waals surface area contributed by atoms with Crippen molar-refractivity contribution in [3.8, 4) is 5.75 Å². The monoisotopic (exact) mass is 304 g/mol. The smallest absolute Gasteiger partial charge is 0.119 e. The number of rotatable bonds is 4. The van der Waals surface area contributed by atoms with Gasteiger partial charge in [-0.1, -0.05) is 32.9 Å². The second-order valence-electron chi connectivity index (χ2n) is 6.53. The van der Waals surface area contributed by atoms with Gasteiger partial charge < -0.3 is 10.5 Å². The summed E-state index contributed by atoms with van der Waals surface area (Å²) in [6.07, 6.45) is 0.179. The molecule has 2 aromatic rings. The fourth-order valence-corrected chi connectivity index (χ4v) is 3.02. The topological polar surface area (TPSA) is 48.1 Å². The second kappa shape index (κ2) is 6.16. The van der Waals surface area contributed by atoms with Crippen LogP contribution in [0.25, 0.3) is 0 Å². The highest BCUT2D eigenvalue weighted by atomic mass is 32.1. The lowest BCUT2D eigenvalue weighted by molar-refractivity contribution is 0.242. The maximum absolute atomic E-state index is 6.33. The molecule has 114 valence electrons. The van der Waals surface area contributed by atoms with Crippen LogP contribution in [0.4, 0.5) is 0 Å². The molecule has 0 bridgehead atoms. The van der Waals surface area contributed by atoms with E-state index in [0.717, 1.165) is 22.0 Å². The van der Waals surface area contributed by atoms with Crippen molar-refractivity contribution in [2.75, 3.05) is 0 Å². The predicted octanol–water partition coefficient (Wildman–Crippen LogP) is 4.28. The summed E-state index contributed by atoms with van der Waals surface area (Å²) in [6.45, 7) is 10.5. The standard InChI is InChI=1S/C17H24N2OS/c1-11(2)20-13-8-6-12(7-9-13)15(18)16-19-14(10-21-16)17(3,4)5/h6-11,15H,18H2,1-5H3. The summed E-state index contributed by atoms with van der Waals surface area (Å²) in [6, 6.07) is 7.78. The lowest BCUT2D eigenvalue weighted by atomic mass is 9.93. The number of thiazole rings is 1. The van der Waals surface area contributed by atoms with Crippen molar-refractivity contribution >= 4 is 11.3 Å². The molecular weight excluding hydrogens is 280 g/mol. The summed E-state index contributed by atoms with van der Waals surface area (Å²) in [5, 5.41) is 3.06. The number of hydrogen-bond donors (Lipinski definition) is 1. The zero-order valence-electron chi connectivity index (χ0n) is 13.4. The van der Waals surface area contributed by atoms with Crippen molar-refractivity contribution in [2.24, 2.45) is 5.73 Å². The first kappa shape index (κ1) is 16.0. The molecule has 0 saturated carbocycles. The van der Waals surface area contributed by atoms with Crippen LogP contribution in [0.1, 0.15) is 56.9 Å². The van der Waals surface area contributed by atoms with E-state index in [9.17, 15) is 0 Å². The Labute approximate surface area is 131 Å². The quantitative estimate of drug-likeness (QED) is 0.917. The summed E-state index contributed by atoms with van der Waals surface area (Å²) in [7, 11) is 0. The Morgan fingerprint density at radius 3 is 2.24 bits per heavy atom. The predicted molar refractivity (Wildman–Crippen MR) is 89.1 cm³/mol. The molecule has 0 radical (unpaired) electrons. The molecule has 0 aliphatic carbocycles. The summed E-state index contributed by atoms with van der Waals surface area (Å²) in [5.74, 6) is 0.871. The Balaban J connectivity index is 2.16. The molecule has 0 fully saturated rings. The van der Waals surface area contributed by atoms with Crippen molar-refractivity contribution in [3.05, 3.63) is 45.9 Å². The summed E-state index contributed by atoms with van der Waals surface area (Å²) >= 11 is 1.63. The van der Waals surface area contributed by atoms with E-state index in [-0.39, 0.29) is 17.6 Å². The molecule has 2 rings (SSSR count). The van der Waals surface area contributed by atoms with Crippen LogP contribution >= 0.6 is 11.3 Å². The fraction of sp³-hybridized carbons (Fsp3) is 0.471. The van der Waals surface area contributed by atoms with Crippen molar-refractivity contribution in [2.45, 2.75) is 52.2 Å². The molecule has 1 atom stereocenters. The van der Waals surface area contributed by atoms with Crippen LogP contribution < -0.4 is 10.5 Å². The largest absolute Gasteiger partial charge is 0.491 e. The van der Waals surface area contributed by atoms with Crippen LogP contribution in [0, 0.1) is 0 Å². The fourth-order valence-electron chi connectivity index (χ4n) is 1.94. The molecule has 0 amide bonds. The van der Waals surface area contributed by atoms with Gasteiger partial charge in [0.2, 0.25) is 0 Å². The van der Waals surface area contributed by atoms with E-state index in [1.165, 1.54) is 0 Å². The number of aromatic nitrogens is 1. The van der Waals surface area contributed by atoms with E-state index in [1.54, 1.807) is 11.3 Å². The van der Waals surface area contributed by atoms with Crippen LogP contribution in [-0.2, 0) is 5.41 Å². The first-order valence-corrected chi connectivity index (χ1v) is 8.13. The summed E-state index contributed by atoms with van der Waals surface area (Å²) in [4.78, 5) is 4.69. The summed E-state index contributed by atoms with van der Waals surface area (Å²) in [5.41, 5.74) is 8.54. The number of benzene rings is 1. The Morgan fingerprint density at radius 2 is 1.76 bits per heavy atom. The van der Waals surface area contributed by atoms with Gasteiger partial charge in [0.25, 0.3) is 0 Å². The van der Waals surface area contributed by atoms with E-state index < -0.39 is 0 Å². The van der Waals surface area contributed by atoms with E-state index in [0.29, 0.717) is 0 Å². The third kappa shape index (κ3) is 4.05. The average Bonchev–Trinajstić information content (AvgIpc) is 2.87. The molecule has 21 heavy (non-hydrogen) atoms. The highest BCUT2D eigenvalue weighted by Crippen LogP contribution is 2.29. The van der Waals surface area contributed by atoms with Crippen LogP contribution in [0.5, 0.6) is 5.75 Å². The molecule has 0 aliphatic heterocycles. The van der Waals surface area contributed by atoms with Gasteiger partial charge in [-0.25, -0.2) is 4.98 Å². The molecule has 1 heterocycles. The molecular formula is C17H24N2OS. The Hall–Kier alpha value is -1.39. The van der Waals surface area contributed by atoms with Crippen molar-refractivity contribution in [3.63, 3.8) is 0 Å². The third-order valence-corrected chi connectivity index (χ3v) is 4.10. The molecule has 0 aliphatic rings. The normalized spacial score (nSPS) is 13.5. The number of nitrogens with zero attached hydrogens (tertiary/aromatic N) is 1. The van der Waals surface area contributed by atoms with E-state index in [4.69, 9.17) is 15.5 Å². The average molecular weight is 304 g/mol. The molecule has 1 unspecified atom stereocenters. The van der Waals surface area contributed by atoms with Gasteiger partial charge >= 0.3 is 0 Å². The van der Waals surface area contributed by atoms with Gasteiger partial charge in [-0.05, 0) is 31.5 Å². The van der Waals surface area contributed by atoms with Crippen molar-refractivity contribution in [1.82, 2.24) is 4.98 Å². The van der Waals surface area contributed by atoms with Gasteiger partial charge in [0.15, 0.2) is 0 Å². The maximum Gasteiger partial charge on any atom is 0.119 e. The molecule has 0 spiro atoms. The highest BCUT2D eigenvalue weighted by Gasteiger charge is 2.20. The summed E-state index contributed by atoms with van der Waals surface area (Å²) < 4.78 is 5.65.